The minimum atomic E-state index is -2.86. The van der Waals surface area contributed by atoms with Crippen molar-refractivity contribution >= 4 is 16.9 Å². The molecule has 152 valence electrons. The molecule has 3 aromatic rings. The molecule has 0 aliphatic heterocycles. The molecular formula is C21H19F2NO5. The number of hydrogen-bond donors (Lipinski definition) is 1. The minimum Gasteiger partial charge on any atom is -0.484 e. The van der Waals surface area contributed by atoms with Crippen molar-refractivity contribution in [2.45, 2.75) is 20.0 Å². The Hall–Kier alpha value is -3.42. The molecule has 1 aromatic heterocycles. The normalized spacial score (nSPS) is 10.9. The summed E-state index contributed by atoms with van der Waals surface area (Å²) in [7, 11) is 0. The number of aryl methyl sites for hydroxylation is 1. The summed E-state index contributed by atoms with van der Waals surface area (Å²) >= 11 is 0. The van der Waals surface area contributed by atoms with E-state index in [4.69, 9.17) is 9.15 Å². The quantitative estimate of drug-likeness (QED) is 0.583. The van der Waals surface area contributed by atoms with Gasteiger partial charge in [0.15, 0.2) is 6.61 Å². The van der Waals surface area contributed by atoms with Gasteiger partial charge in [-0.25, -0.2) is 4.79 Å². The molecule has 8 heteroatoms. The number of alkyl halides is 2. The van der Waals surface area contributed by atoms with Crippen molar-refractivity contribution < 1.29 is 27.5 Å². The SMILES string of the molecule is Cc1cc(=O)oc2cc(OCC(=O)NCCc3ccc(OC(F)F)cc3)ccc12. The number of ether oxygens (including phenoxy) is 2. The van der Waals surface area contributed by atoms with Gasteiger partial charge in [0, 0.05) is 24.1 Å². The van der Waals surface area contributed by atoms with E-state index in [0.717, 1.165) is 16.5 Å². The van der Waals surface area contributed by atoms with Crippen LogP contribution in [0.1, 0.15) is 11.1 Å². The van der Waals surface area contributed by atoms with Crippen LogP contribution in [0.25, 0.3) is 11.0 Å². The number of hydrogen-bond acceptors (Lipinski definition) is 5. The molecule has 0 saturated carbocycles. The molecule has 0 aliphatic rings. The number of nitrogens with one attached hydrogen (secondary N) is 1. The summed E-state index contributed by atoms with van der Waals surface area (Å²) in [5.74, 6) is 0.187. The zero-order valence-corrected chi connectivity index (χ0v) is 15.6. The van der Waals surface area contributed by atoms with Crippen LogP contribution < -0.4 is 20.4 Å². The highest BCUT2D eigenvalue weighted by molar-refractivity contribution is 5.81. The van der Waals surface area contributed by atoms with Crippen LogP contribution in [-0.4, -0.2) is 25.7 Å². The minimum absolute atomic E-state index is 0.0857. The summed E-state index contributed by atoms with van der Waals surface area (Å²) in [6.07, 6.45) is 0.529. The first-order valence-electron chi connectivity index (χ1n) is 8.88. The Morgan fingerprint density at radius 3 is 2.55 bits per heavy atom. The van der Waals surface area contributed by atoms with E-state index in [1.54, 1.807) is 30.3 Å². The van der Waals surface area contributed by atoms with Crippen LogP contribution in [0.4, 0.5) is 8.78 Å². The van der Waals surface area contributed by atoms with Gasteiger partial charge in [0.25, 0.3) is 5.91 Å². The highest BCUT2D eigenvalue weighted by Gasteiger charge is 2.07. The van der Waals surface area contributed by atoms with Gasteiger partial charge in [0.1, 0.15) is 17.1 Å². The fraction of sp³-hybridized carbons (Fsp3) is 0.238. The lowest BCUT2D eigenvalue weighted by molar-refractivity contribution is -0.123. The third-order valence-electron chi connectivity index (χ3n) is 4.18. The molecule has 0 radical (unpaired) electrons. The maximum absolute atomic E-state index is 12.1. The van der Waals surface area contributed by atoms with E-state index in [1.807, 2.05) is 6.92 Å². The van der Waals surface area contributed by atoms with E-state index in [9.17, 15) is 18.4 Å². The molecule has 0 fully saturated rings. The van der Waals surface area contributed by atoms with Gasteiger partial charge in [-0.2, -0.15) is 8.78 Å². The van der Waals surface area contributed by atoms with Gasteiger partial charge in [-0.1, -0.05) is 12.1 Å². The van der Waals surface area contributed by atoms with Crippen molar-refractivity contribution in [3.05, 3.63) is 70.1 Å². The van der Waals surface area contributed by atoms with Gasteiger partial charge in [0.05, 0.1) is 0 Å². The zero-order valence-electron chi connectivity index (χ0n) is 15.6. The molecule has 0 unspecified atom stereocenters. The molecule has 0 aliphatic carbocycles. The molecule has 2 aromatic carbocycles. The van der Waals surface area contributed by atoms with Crippen molar-refractivity contribution in [2.75, 3.05) is 13.2 Å². The van der Waals surface area contributed by atoms with Gasteiger partial charge >= 0.3 is 12.2 Å². The average Bonchev–Trinajstić information content (AvgIpc) is 2.67. The number of halogens is 2. The molecule has 0 bridgehead atoms. The van der Waals surface area contributed by atoms with Crippen LogP contribution in [0, 0.1) is 6.92 Å². The van der Waals surface area contributed by atoms with Crippen LogP contribution in [0.5, 0.6) is 11.5 Å². The summed E-state index contributed by atoms with van der Waals surface area (Å²) in [6.45, 7) is -0.874. The molecule has 29 heavy (non-hydrogen) atoms. The lowest BCUT2D eigenvalue weighted by Gasteiger charge is -2.09. The second-order valence-corrected chi connectivity index (χ2v) is 6.32. The van der Waals surface area contributed by atoms with Crippen molar-refractivity contribution in [2.24, 2.45) is 0 Å². The molecule has 1 amide bonds. The second kappa shape index (κ2) is 9.18. The Balaban J connectivity index is 1.46. The molecular weight excluding hydrogens is 384 g/mol. The number of fused-ring (bicyclic) bond motifs is 1. The first kappa shape index (κ1) is 20.3. The smallest absolute Gasteiger partial charge is 0.387 e. The summed E-state index contributed by atoms with van der Waals surface area (Å²) in [4.78, 5) is 23.4. The van der Waals surface area contributed by atoms with Gasteiger partial charge in [-0.15, -0.1) is 0 Å². The third kappa shape index (κ3) is 5.78. The van der Waals surface area contributed by atoms with Gasteiger partial charge in [-0.3, -0.25) is 4.79 Å². The fourth-order valence-corrected chi connectivity index (χ4v) is 2.78. The molecule has 3 rings (SSSR count). The van der Waals surface area contributed by atoms with Crippen LogP contribution in [0.15, 0.2) is 57.7 Å². The first-order chi connectivity index (χ1) is 13.9. The van der Waals surface area contributed by atoms with Gasteiger partial charge in [-0.05, 0) is 48.7 Å². The number of amides is 1. The van der Waals surface area contributed by atoms with E-state index in [2.05, 4.69) is 10.1 Å². The van der Waals surface area contributed by atoms with E-state index in [1.165, 1.54) is 18.2 Å². The molecule has 1 heterocycles. The Labute approximate surface area is 165 Å². The first-order valence-corrected chi connectivity index (χ1v) is 8.88. The van der Waals surface area contributed by atoms with Gasteiger partial charge in [0.2, 0.25) is 0 Å². The van der Waals surface area contributed by atoms with Crippen LogP contribution in [0.3, 0.4) is 0 Å². The second-order valence-electron chi connectivity index (χ2n) is 6.32. The van der Waals surface area contributed by atoms with Crippen molar-refractivity contribution in [1.29, 1.82) is 0 Å². The molecule has 1 N–H and O–H groups in total. The van der Waals surface area contributed by atoms with E-state index >= 15 is 0 Å². The monoisotopic (exact) mass is 403 g/mol. The number of benzene rings is 2. The maximum Gasteiger partial charge on any atom is 0.387 e. The molecule has 0 atom stereocenters. The third-order valence-corrected chi connectivity index (χ3v) is 4.18. The lowest BCUT2D eigenvalue weighted by atomic mass is 10.1. The van der Waals surface area contributed by atoms with Gasteiger partial charge < -0.3 is 19.2 Å². The Bertz CT molecular complexity index is 1050. The predicted molar refractivity (Wildman–Crippen MR) is 103 cm³/mol. The summed E-state index contributed by atoms with van der Waals surface area (Å²) in [5, 5.41) is 3.51. The number of carbonyl (C=O) groups is 1. The summed E-state index contributed by atoms with van der Waals surface area (Å²) in [5.41, 5.74) is 1.62. The molecule has 6 nitrogen and oxygen atoms in total. The summed E-state index contributed by atoms with van der Waals surface area (Å²) in [6, 6.07) is 12.7. The topological polar surface area (TPSA) is 77.8 Å². The Kier molecular flexibility index (Phi) is 6.43. The number of carbonyl (C=O) groups excluding carboxylic acids is 1. The maximum atomic E-state index is 12.1. The Morgan fingerprint density at radius 1 is 1.10 bits per heavy atom. The predicted octanol–water partition coefficient (Wildman–Crippen LogP) is 3.44. The number of rotatable bonds is 8. The van der Waals surface area contributed by atoms with Crippen LogP contribution in [-0.2, 0) is 11.2 Å². The Morgan fingerprint density at radius 2 is 1.83 bits per heavy atom. The van der Waals surface area contributed by atoms with E-state index < -0.39 is 12.2 Å². The highest BCUT2D eigenvalue weighted by Crippen LogP contribution is 2.22. The van der Waals surface area contributed by atoms with Crippen LogP contribution >= 0.6 is 0 Å². The van der Waals surface area contributed by atoms with E-state index in [0.29, 0.717) is 24.3 Å². The zero-order chi connectivity index (χ0) is 20.8. The largest absolute Gasteiger partial charge is 0.484 e. The molecule has 0 spiro atoms. The molecule has 0 saturated heterocycles. The highest BCUT2D eigenvalue weighted by atomic mass is 19.3. The van der Waals surface area contributed by atoms with Crippen molar-refractivity contribution in [1.82, 2.24) is 5.32 Å². The summed E-state index contributed by atoms with van der Waals surface area (Å²) < 4.78 is 39.1. The average molecular weight is 403 g/mol. The van der Waals surface area contributed by atoms with Crippen molar-refractivity contribution in [3.63, 3.8) is 0 Å². The van der Waals surface area contributed by atoms with Crippen LogP contribution in [0.2, 0.25) is 0 Å². The van der Waals surface area contributed by atoms with Crippen molar-refractivity contribution in [3.8, 4) is 11.5 Å². The standard InChI is InChI=1S/C21H19F2NO5/c1-13-10-20(26)29-18-11-16(6-7-17(13)18)27-12-19(25)24-9-8-14-2-4-15(5-3-14)28-21(22)23/h2-7,10-11,21H,8-9,12H2,1H3,(H,24,25). The fourth-order valence-electron chi connectivity index (χ4n) is 2.78. The lowest BCUT2D eigenvalue weighted by Crippen LogP contribution is -2.30. The van der Waals surface area contributed by atoms with E-state index in [-0.39, 0.29) is 18.3 Å².